The molecule has 0 fully saturated rings. The second-order valence-corrected chi connectivity index (χ2v) is 7.16. The molecule has 0 aliphatic rings. The maximum atomic E-state index is 14.7. The summed E-state index contributed by atoms with van der Waals surface area (Å²) in [6.07, 6.45) is 4.47. The highest BCUT2D eigenvalue weighted by Crippen LogP contribution is 2.33. The van der Waals surface area contributed by atoms with Gasteiger partial charge in [0.1, 0.15) is 11.3 Å². The number of carboxylic acid groups (broad SMARTS) is 1. The third-order valence-electron chi connectivity index (χ3n) is 5.19. The van der Waals surface area contributed by atoms with Gasteiger partial charge in [-0.15, -0.1) is 0 Å². The number of carbonyl (C=O) groups is 1. The molecule has 0 aliphatic heterocycles. The lowest BCUT2D eigenvalue weighted by molar-refractivity contribution is -0.132. The van der Waals surface area contributed by atoms with Crippen LogP contribution in [0.5, 0.6) is 5.75 Å². The van der Waals surface area contributed by atoms with E-state index >= 15 is 0 Å². The molecule has 0 spiro atoms. The summed E-state index contributed by atoms with van der Waals surface area (Å²) in [5.41, 5.74) is 15.0. The van der Waals surface area contributed by atoms with Gasteiger partial charge in [0.05, 0.1) is 6.61 Å². The minimum Gasteiger partial charge on any atom is -0.490 e. The number of nitrogens with two attached hydrogens (primary N) is 2. The number of aliphatic imine (C=N–C) groups is 1. The van der Waals surface area contributed by atoms with Crippen molar-refractivity contribution in [2.75, 3.05) is 20.2 Å². The van der Waals surface area contributed by atoms with Gasteiger partial charge in [-0.25, -0.2) is 14.2 Å². The smallest absolute Gasteiger partial charge is 0.352 e. The Balaban J connectivity index is 1.92. The van der Waals surface area contributed by atoms with Gasteiger partial charge in [0.2, 0.25) is 0 Å². The first-order valence-electron chi connectivity index (χ1n) is 10.1. The van der Waals surface area contributed by atoms with Gasteiger partial charge in [0, 0.05) is 60.4 Å². The molecule has 1 aromatic carbocycles. The number of aromatic nitrogens is 2. The van der Waals surface area contributed by atoms with E-state index in [1.165, 1.54) is 6.07 Å². The van der Waals surface area contributed by atoms with E-state index in [4.69, 9.17) is 16.2 Å². The van der Waals surface area contributed by atoms with Crippen LogP contribution in [0.15, 0.2) is 59.0 Å². The monoisotopic (exact) mass is 439 g/mol. The molecule has 2 aromatic heterocycles. The lowest BCUT2D eigenvalue weighted by Crippen LogP contribution is -2.18. The van der Waals surface area contributed by atoms with Gasteiger partial charge in [-0.1, -0.05) is 12.1 Å². The number of ether oxygens (including phenoxy) is 1. The Kier molecular flexibility index (Phi) is 7.21. The SMILES string of the molecule is CN=C(C)C(CCOc1c(F)cccc1-c1ccc2ncc(CCN)n2c1)=C(N)C(=O)O. The molecule has 5 N–H and O–H groups in total. The second-order valence-electron chi connectivity index (χ2n) is 7.16. The van der Waals surface area contributed by atoms with E-state index in [-0.39, 0.29) is 24.5 Å². The summed E-state index contributed by atoms with van der Waals surface area (Å²) in [5, 5.41) is 9.23. The normalized spacial score (nSPS) is 12.7. The predicted octanol–water partition coefficient (Wildman–Crippen LogP) is 2.80. The molecule has 9 heteroatoms. The highest BCUT2D eigenvalue weighted by Gasteiger charge is 2.16. The van der Waals surface area contributed by atoms with E-state index in [0.29, 0.717) is 29.8 Å². The molecule has 0 saturated heterocycles. The van der Waals surface area contributed by atoms with Gasteiger partial charge in [-0.3, -0.25) is 4.99 Å². The fraction of sp³-hybridized carbons (Fsp3) is 0.261. The number of halogens is 1. The minimum atomic E-state index is -1.24. The Morgan fingerprint density at radius 2 is 2.09 bits per heavy atom. The summed E-state index contributed by atoms with van der Waals surface area (Å²) in [6, 6.07) is 8.38. The molecule has 3 aromatic rings. The summed E-state index contributed by atoms with van der Waals surface area (Å²) in [7, 11) is 1.55. The van der Waals surface area contributed by atoms with Crippen molar-refractivity contribution in [3.63, 3.8) is 0 Å². The number of hydrogen-bond donors (Lipinski definition) is 3. The number of nitrogens with zero attached hydrogens (tertiary/aromatic N) is 3. The molecule has 0 radical (unpaired) electrons. The van der Waals surface area contributed by atoms with Crippen molar-refractivity contribution >= 4 is 17.3 Å². The van der Waals surface area contributed by atoms with E-state index in [9.17, 15) is 14.3 Å². The van der Waals surface area contributed by atoms with Crippen molar-refractivity contribution in [3.05, 3.63) is 65.5 Å². The van der Waals surface area contributed by atoms with Crippen LogP contribution in [0.25, 0.3) is 16.8 Å². The molecule has 32 heavy (non-hydrogen) atoms. The first-order chi connectivity index (χ1) is 15.4. The molecule has 8 nitrogen and oxygen atoms in total. The van der Waals surface area contributed by atoms with Gasteiger partial charge < -0.3 is 25.7 Å². The zero-order valence-electron chi connectivity index (χ0n) is 18.0. The zero-order valence-corrected chi connectivity index (χ0v) is 18.0. The van der Waals surface area contributed by atoms with E-state index in [1.54, 1.807) is 32.3 Å². The molecular weight excluding hydrogens is 413 g/mol. The summed E-state index contributed by atoms with van der Waals surface area (Å²) in [6.45, 7) is 2.18. The van der Waals surface area contributed by atoms with Gasteiger partial charge >= 0.3 is 5.97 Å². The Morgan fingerprint density at radius 3 is 2.78 bits per heavy atom. The Labute approximate surface area is 185 Å². The fourth-order valence-corrected chi connectivity index (χ4v) is 3.44. The first-order valence-corrected chi connectivity index (χ1v) is 10.1. The lowest BCUT2D eigenvalue weighted by atomic mass is 10.0. The Bertz CT molecular complexity index is 1200. The maximum absolute atomic E-state index is 14.7. The minimum absolute atomic E-state index is 0.0237. The standard InChI is InChI=1S/C23H26FN5O3/c1-14(27-2)17(21(26)23(30)31)9-11-32-22-18(4-3-5-19(22)24)15-6-7-20-28-12-16(8-10-25)29(20)13-15/h3-7,12-13H,8-11,25-26H2,1-2H3,(H,30,31). The van der Waals surface area contributed by atoms with Crippen LogP contribution in [0.1, 0.15) is 19.0 Å². The molecular formula is C23H26FN5O3. The van der Waals surface area contributed by atoms with Crippen LogP contribution in [0.2, 0.25) is 0 Å². The number of para-hydroxylation sites is 1. The van der Waals surface area contributed by atoms with Gasteiger partial charge in [-0.2, -0.15) is 0 Å². The summed E-state index contributed by atoms with van der Waals surface area (Å²) in [4.78, 5) is 19.7. The maximum Gasteiger partial charge on any atom is 0.352 e. The molecule has 168 valence electrons. The quantitative estimate of drug-likeness (QED) is 0.347. The first kappa shape index (κ1) is 23.0. The molecule has 0 amide bonds. The van der Waals surface area contributed by atoms with Crippen molar-refractivity contribution in [2.45, 2.75) is 19.8 Å². The second kappa shape index (κ2) is 10.1. The van der Waals surface area contributed by atoms with Crippen molar-refractivity contribution in [1.29, 1.82) is 0 Å². The number of imidazole rings is 1. The number of pyridine rings is 1. The van der Waals surface area contributed by atoms with E-state index in [0.717, 1.165) is 16.9 Å². The van der Waals surface area contributed by atoms with Crippen LogP contribution in [-0.4, -0.2) is 46.4 Å². The molecule has 0 bridgehead atoms. The fourth-order valence-electron chi connectivity index (χ4n) is 3.44. The van der Waals surface area contributed by atoms with Gasteiger partial charge in [-0.05, 0) is 31.7 Å². The predicted molar refractivity (Wildman–Crippen MR) is 121 cm³/mol. The van der Waals surface area contributed by atoms with Crippen molar-refractivity contribution < 1.29 is 19.0 Å². The Morgan fingerprint density at radius 1 is 1.31 bits per heavy atom. The zero-order chi connectivity index (χ0) is 23.3. The number of benzene rings is 1. The van der Waals surface area contributed by atoms with Crippen molar-refractivity contribution in [3.8, 4) is 16.9 Å². The van der Waals surface area contributed by atoms with E-state index in [2.05, 4.69) is 9.98 Å². The number of rotatable bonds is 9. The van der Waals surface area contributed by atoms with Crippen LogP contribution in [-0.2, 0) is 11.2 Å². The number of aliphatic carboxylic acids is 1. The molecule has 0 unspecified atom stereocenters. The molecule has 0 atom stereocenters. The number of fused-ring (bicyclic) bond motifs is 1. The number of hydrogen-bond acceptors (Lipinski definition) is 6. The van der Waals surface area contributed by atoms with Crippen molar-refractivity contribution in [1.82, 2.24) is 9.38 Å². The third kappa shape index (κ3) is 4.78. The summed E-state index contributed by atoms with van der Waals surface area (Å²) in [5.74, 6) is -1.68. The largest absolute Gasteiger partial charge is 0.490 e. The average molecular weight is 439 g/mol. The van der Waals surface area contributed by atoms with E-state index in [1.807, 2.05) is 22.7 Å². The van der Waals surface area contributed by atoms with Crippen molar-refractivity contribution in [2.24, 2.45) is 16.5 Å². The molecule has 2 heterocycles. The van der Waals surface area contributed by atoms with E-state index < -0.39 is 11.8 Å². The van der Waals surface area contributed by atoms with Gasteiger partial charge in [0.15, 0.2) is 11.6 Å². The summed E-state index contributed by atoms with van der Waals surface area (Å²) < 4.78 is 22.4. The Hall–Kier alpha value is -3.72. The van der Waals surface area contributed by atoms with Crippen LogP contribution in [0.4, 0.5) is 4.39 Å². The number of carboxylic acids is 1. The highest BCUT2D eigenvalue weighted by molar-refractivity contribution is 6.04. The van der Waals surface area contributed by atoms with Crippen LogP contribution in [0, 0.1) is 5.82 Å². The molecule has 0 aliphatic carbocycles. The summed E-state index contributed by atoms with van der Waals surface area (Å²) >= 11 is 0. The topological polar surface area (TPSA) is 128 Å². The van der Waals surface area contributed by atoms with Gasteiger partial charge in [0.25, 0.3) is 0 Å². The lowest BCUT2D eigenvalue weighted by Gasteiger charge is -2.15. The van der Waals surface area contributed by atoms with Crippen LogP contribution in [0.3, 0.4) is 0 Å². The van der Waals surface area contributed by atoms with Crippen LogP contribution < -0.4 is 16.2 Å². The van der Waals surface area contributed by atoms with Crippen LogP contribution >= 0.6 is 0 Å². The third-order valence-corrected chi connectivity index (χ3v) is 5.19. The highest BCUT2D eigenvalue weighted by atomic mass is 19.1. The molecule has 0 saturated carbocycles. The average Bonchev–Trinajstić information content (AvgIpc) is 3.19. The molecule has 3 rings (SSSR count).